The molecule has 0 unspecified atom stereocenters. The van der Waals surface area contributed by atoms with Crippen LogP contribution in [-0.4, -0.2) is 10.9 Å². The average Bonchev–Trinajstić information content (AvgIpc) is 2.03. The van der Waals surface area contributed by atoms with Crippen molar-refractivity contribution in [3.8, 4) is 5.75 Å². The van der Waals surface area contributed by atoms with Gasteiger partial charge in [-0.1, -0.05) is 19.1 Å². The maximum atomic E-state index is 9.32. The summed E-state index contributed by atoms with van der Waals surface area (Å²) in [4.78, 5) is 0.981. The van der Waals surface area contributed by atoms with Crippen LogP contribution in [0.3, 0.4) is 0 Å². The molecule has 0 bridgehead atoms. The van der Waals surface area contributed by atoms with E-state index in [0.717, 1.165) is 17.1 Å². The van der Waals surface area contributed by atoms with Crippen LogP contribution in [0, 0.1) is 0 Å². The van der Waals surface area contributed by atoms with E-state index in [4.69, 9.17) is 0 Å². The van der Waals surface area contributed by atoms with Gasteiger partial charge in [-0.25, -0.2) is 0 Å². The van der Waals surface area contributed by atoms with Gasteiger partial charge in [-0.3, -0.25) is 0 Å². The van der Waals surface area contributed by atoms with E-state index in [0.29, 0.717) is 5.75 Å². The Balaban J connectivity index is 2.62. The molecule has 1 rings (SSSR count). The molecule has 11 heavy (non-hydrogen) atoms. The third-order valence-corrected chi connectivity index (χ3v) is 2.60. The molecular formula is C9H12OS. The van der Waals surface area contributed by atoms with Gasteiger partial charge in [0.25, 0.3) is 0 Å². The Morgan fingerprint density at radius 1 is 1.36 bits per heavy atom. The zero-order valence-electron chi connectivity index (χ0n) is 6.58. The highest BCUT2D eigenvalue weighted by Gasteiger charge is 1.97. The fourth-order valence-electron chi connectivity index (χ4n) is 0.791. The first kappa shape index (κ1) is 8.47. The zero-order valence-corrected chi connectivity index (χ0v) is 7.40. The lowest BCUT2D eigenvalue weighted by molar-refractivity contribution is 0.462. The minimum atomic E-state index is 0.394. The van der Waals surface area contributed by atoms with E-state index in [1.165, 1.54) is 0 Å². The topological polar surface area (TPSA) is 20.2 Å². The van der Waals surface area contributed by atoms with E-state index >= 15 is 0 Å². The molecule has 1 aromatic rings. The number of hydrogen-bond acceptors (Lipinski definition) is 2. The molecule has 0 radical (unpaired) electrons. The van der Waals surface area contributed by atoms with Crippen molar-refractivity contribution < 1.29 is 5.11 Å². The maximum Gasteiger partial charge on any atom is 0.129 e. The van der Waals surface area contributed by atoms with E-state index in [-0.39, 0.29) is 0 Å². The summed E-state index contributed by atoms with van der Waals surface area (Å²) in [6.45, 7) is 2.13. The van der Waals surface area contributed by atoms with Crippen molar-refractivity contribution in [2.75, 3.05) is 5.75 Å². The summed E-state index contributed by atoms with van der Waals surface area (Å²) in [6.07, 6.45) is 1.14. The first-order chi connectivity index (χ1) is 5.34. The van der Waals surface area contributed by atoms with Gasteiger partial charge < -0.3 is 5.11 Å². The molecule has 0 fully saturated rings. The van der Waals surface area contributed by atoms with Crippen molar-refractivity contribution in [3.63, 3.8) is 0 Å². The average molecular weight is 168 g/mol. The highest BCUT2D eigenvalue weighted by Crippen LogP contribution is 2.27. The van der Waals surface area contributed by atoms with Crippen molar-refractivity contribution >= 4 is 11.8 Å². The zero-order chi connectivity index (χ0) is 8.10. The summed E-state index contributed by atoms with van der Waals surface area (Å²) >= 11 is 1.70. The first-order valence-corrected chi connectivity index (χ1v) is 4.74. The molecule has 0 aliphatic heterocycles. The molecule has 60 valence electrons. The Morgan fingerprint density at radius 2 is 2.09 bits per heavy atom. The second-order valence-electron chi connectivity index (χ2n) is 2.32. The molecule has 2 heteroatoms. The van der Waals surface area contributed by atoms with Crippen molar-refractivity contribution in [1.82, 2.24) is 0 Å². The molecule has 1 aromatic carbocycles. The molecule has 0 amide bonds. The second-order valence-corrected chi connectivity index (χ2v) is 3.45. The standard InChI is InChI=1S/C9H12OS/c1-2-7-11-9-6-4-3-5-8(9)10/h3-6,10H,2,7H2,1H3. The molecule has 0 aliphatic carbocycles. The van der Waals surface area contributed by atoms with E-state index in [9.17, 15) is 5.11 Å². The molecule has 0 heterocycles. The number of hydrogen-bond donors (Lipinski definition) is 1. The predicted molar refractivity (Wildman–Crippen MR) is 49.1 cm³/mol. The van der Waals surface area contributed by atoms with Gasteiger partial charge in [0.1, 0.15) is 5.75 Å². The van der Waals surface area contributed by atoms with Gasteiger partial charge in [0.15, 0.2) is 0 Å². The quantitative estimate of drug-likeness (QED) is 0.700. The summed E-state index contributed by atoms with van der Waals surface area (Å²) in [7, 11) is 0. The van der Waals surface area contributed by atoms with Crippen LogP contribution in [0.5, 0.6) is 5.75 Å². The number of benzene rings is 1. The molecule has 0 spiro atoms. The Labute approximate surface area is 71.4 Å². The number of rotatable bonds is 3. The SMILES string of the molecule is CCCSc1ccccc1O. The molecule has 0 aliphatic rings. The van der Waals surface area contributed by atoms with Gasteiger partial charge in [0.05, 0.1) is 0 Å². The van der Waals surface area contributed by atoms with Gasteiger partial charge in [-0.2, -0.15) is 0 Å². The predicted octanol–water partition coefficient (Wildman–Crippen LogP) is 2.89. The molecular weight excluding hydrogens is 156 g/mol. The normalized spacial score (nSPS) is 9.91. The Bertz CT molecular complexity index is 223. The van der Waals surface area contributed by atoms with Gasteiger partial charge in [0, 0.05) is 4.90 Å². The van der Waals surface area contributed by atoms with Crippen molar-refractivity contribution in [1.29, 1.82) is 0 Å². The number of phenolic OH excluding ortho intramolecular Hbond substituents is 1. The number of para-hydroxylation sites is 1. The van der Waals surface area contributed by atoms with Crippen LogP contribution in [0.1, 0.15) is 13.3 Å². The van der Waals surface area contributed by atoms with Gasteiger partial charge in [-0.15, -0.1) is 11.8 Å². The number of phenols is 1. The number of thioether (sulfide) groups is 1. The van der Waals surface area contributed by atoms with E-state index < -0.39 is 0 Å². The largest absolute Gasteiger partial charge is 0.507 e. The third-order valence-electron chi connectivity index (χ3n) is 1.33. The summed E-state index contributed by atoms with van der Waals surface area (Å²) in [5.41, 5.74) is 0. The van der Waals surface area contributed by atoms with Crippen LogP contribution in [-0.2, 0) is 0 Å². The summed E-state index contributed by atoms with van der Waals surface area (Å²) in [6, 6.07) is 7.44. The van der Waals surface area contributed by atoms with Crippen molar-refractivity contribution in [2.24, 2.45) is 0 Å². The first-order valence-electron chi connectivity index (χ1n) is 3.75. The molecule has 0 saturated carbocycles. The van der Waals surface area contributed by atoms with Crippen LogP contribution in [0.2, 0.25) is 0 Å². The fourth-order valence-corrected chi connectivity index (χ4v) is 1.61. The van der Waals surface area contributed by atoms with Gasteiger partial charge >= 0.3 is 0 Å². The van der Waals surface area contributed by atoms with Crippen molar-refractivity contribution in [3.05, 3.63) is 24.3 Å². The van der Waals surface area contributed by atoms with E-state index in [1.54, 1.807) is 17.8 Å². The molecule has 1 nitrogen and oxygen atoms in total. The maximum absolute atomic E-state index is 9.32. The molecule has 0 aromatic heterocycles. The highest BCUT2D eigenvalue weighted by atomic mass is 32.2. The fraction of sp³-hybridized carbons (Fsp3) is 0.333. The van der Waals surface area contributed by atoms with Crippen LogP contribution in [0.25, 0.3) is 0 Å². The summed E-state index contributed by atoms with van der Waals surface area (Å²) < 4.78 is 0. The summed E-state index contributed by atoms with van der Waals surface area (Å²) in [5, 5.41) is 9.32. The van der Waals surface area contributed by atoms with E-state index in [1.807, 2.05) is 18.2 Å². The smallest absolute Gasteiger partial charge is 0.129 e. The highest BCUT2D eigenvalue weighted by molar-refractivity contribution is 7.99. The minimum Gasteiger partial charge on any atom is -0.507 e. The van der Waals surface area contributed by atoms with Gasteiger partial charge in [-0.05, 0) is 24.3 Å². The Morgan fingerprint density at radius 3 is 2.73 bits per heavy atom. The van der Waals surface area contributed by atoms with Gasteiger partial charge in [0.2, 0.25) is 0 Å². The number of aromatic hydroxyl groups is 1. The monoisotopic (exact) mass is 168 g/mol. The molecule has 1 N–H and O–H groups in total. The Hall–Kier alpha value is -0.630. The Kier molecular flexibility index (Phi) is 3.30. The second kappa shape index (κ2) is 4.29. The summed E-state index contributed by atoms with van der Waals surface area (Å²) in [5.74, 6) is 1.46. The lowest BCUT2D eigenvalue weighted by Crippen LogP contribution is -1.76. The van der Waals surface area contributed by atoms with E-state index in [2.05, 4.69) is 6.92 Å². The minimum absolute atomic E-state index is 0.394. The lowest BCUT2D eigenvalue weighted by Gasteiger charge is -2.00. The van der Waals surface area contributed by atoms with Crippen LogP contribution in [0.15, 0.2) is 29.2 Å². The van der Waals surface area contributed by atoms with Crippen molar-refractivity contribution in [2.45, 2.75) is 18.2 Å². The van der Waals surface area contributed by atoms with Crippen LogP contribution >= 0.6 is 11.8 Å². The van der Waals surface area contributed by atoms with Crippen LogP contribution in [0.4, 0.5) is 0 Å². The lowest BCUT2D eigenvalue weighted by atomic mass is 10.3. The van der Waals surface area contributed by atoms with Crippen LogP contribution < -0.4 is 0 Å². The molecule has 0 saturated heterocycles. The molecule has 0 atom stereocenters. The third kappa shape index (κ3) is 2.46.